The summed E-state index contributed by atoms with van der Waals surface area (Å²) in [6.07, 6.45) is 9.76. The maximum atomic E-state index is 12.9. The number of hydrogen-bond acceptors (Lipinski definition) is 8. The molecule has 2 unspecified atom stereocenters. The summed E-state index contributed by atoms with van der Waals surface area (Å²) in [5.74, 6) is 1.70. The predicted molar refractivity (Wildman–Crippen MR) is 141 cm³/mol. The molecule has 0 aromatic carbocycles. The molecule has 7 rings (SSSR count). The van der Waals surface area contributed by atoms with Gasteiger partial charge >= 0.3 is 0 Å². The van der Waals surface area contributed by atoms with E-state index in [0.717, 1.165) is 59.0 Å². The van der Waals surface area contributed by atoms with E-state index in [9.17, 15) is 4.79 Å². The van der Waals surface area contributed by atoms with Gasteiger partial charge in [-0.1, -0.05) is 19.8 Å². The Morgan fingerprint density at radius 3 is 2.57 bits per heavy atom. The zero-order valence-electron chi connectivity index (χ0n) is 20.7. The quantitative estimate of drug-likeness (QED) is 0.545. The van der Waals surface area contributed by atoms with Crippen LogP contribution in [0.1, 0.15) is 60.2 Å². The highest BCUT2D eigenvalue weighted by atomic mass is 32.1. The van der Waals surface area contributed by atoms with E-state index in [1.165, 1.54) is 36.3 Å². The number of likely N-dealkylation sites (N-methyl/N-ethyl adjacent to an activating group) is 1. The number of fused-ring (bicyclic) bond motifs is 3. The molecule has 4 aliphatic rings. The Hall–Kier alpha value is -2.78. The van der Waals surface area contributed by atoms with Crippen LogP contribution >= 0.6 is 11.3 Å². The number of amides is 1. The van der Waals surface area contributed by atoms with Crippen LogP contribution in [0.25, 0.3) is 10.2 Å². The lowest BCUT2D eigenvalue weighted by molar-refractivity contribution is 0.00463. The van der Waals surface area contributed by atoms with E-state index in [1.54, 1.807) is 4.90 Å². The van der Waals surface area contributed by atoms with Gasteiger partial charge in [-0.15, -0.1) is 11.3 Å². The monoisotopic (exact) mass is 491 g/mol. The highest BCUT2D eigenvalue weighted by Crippen LogP contribution is 2.43. The molecule has 3 aliphatic heterocycles. The number of rotatable bonds is 6. The molecule has 3 aromatic rings. The smallest absolute Gasteiger partial charge is 0.263 e. The van der Waals surface area contributed by atoms with Crippen molar-refractivity contribution in [3.05, 3.63) is 35.0 Å². The largest absolute Gasteiger partial charge is 0.367 e. The molecule has 3 saturated heterocycles. The van der Waals surface area contributed by atoms with Gasteiger partial charge in [0.05, 0.1) is 33.2 Å². The van der Waals surface area contributed by atoms with Crippen molar-refractivity contribution in [2.24, 2.45) is 0 Å². The Morgan fingerprint density at radius 1 is 1.14 bits per heavy atom. The van der Waals surface area contributed by atoms with Gasteiger partial charge in [0.1, 0.15) is 5.82 Å². The first-order valence-corrected chi connectivity index (χ1v) is 13.6. The van der Waals surface area contributed by atoms with Crippen LogP contribution in [0.3, 0.4) is 0 Å². The second-order valence-electron chi connectivity index (χ2n) is 10.2. The van der Waals surface area contributed by atoms with Crippen molar-refractivity contribution in [1.29, 1.82) is 0 Å². The van der Waals surface area contributed by atoms with E-state index in [2.05, 4.69) is 38.1 Å². The van der Waals surface area contributed by atoms with Crippen LogP contribution in [-0.4, -0.2) is 76.5 Å². The normalized spacial score (nSPS) is 22.4. The molecule has 1 N–H and O–H groups in total. The second kappa shape index (κ2) is 9.02. The van der Waals surface area contributed by atoms with Crippen LogP contribution in [0.4, 0.5) is 17.5 Å². The Labute approximate surface area is 210 Å². The summed E-state index contributed by atoms with van der Waals surface area (Å²) in [5.41, 5.74) is 3.19. The SMILES string of the molecule is CCN1C2CC1CN(c1ccc(Nc3ncc4sc(C(=O)N(C)C)c(C5CCCC5)c4n3)nc1)C2. The molecule has 8 nitrogen and oxygen atoms in total. The van der Waals surface area contributed by atoms with Crippen molar-refractivity contribution in [2.45, 2.75) is 57.0 Å². The lowest BCUT2D eigenvalue weighted by Gasteiger charge is -2.56. The summed E-state index contributed by atoms with van der Waals surface area (Å²) in [5, 5.41) is 3.29. The van der Waals surface area contributed by atoms with Crippen LogP contribution in [0, 0.1) is 0 Å². The van der Waals surface area contributed by atoms with Crippen molar-refractivity contribution < 1.29 is 4.79 Å². The number of piperazine rings is 1. The average molecular weight is 492 g/mol. The van der Waals surface area contributed by atoms with Gasteiger partial charge in [0.25, 0.3) is 5.91 Å². The van der Waals surface area contributed by atoms with Crippen molar-refractivity contribution in [2.75, 3.05) is 43.9 Å². The second-order valence-corrected chi connectivity index (χ2v) is 11.3. The third-order valence-corrected chi connectivity index (χ3v) is 9.01. The van der Waals surface area contributed by atoms with Crippen molar-refractivity contribution in [1.82, 2.24) is 24.8 Å². The Bertz CT molecular complexity index is 1220. The molecule has 3 aromatic heterocycles. The lowest BCUT2D eigenvalue weighted by Crippen LogP contribution is -2.68. The number of nitrogens with one attached hydrogen (secondary N) is 1. The molecule has 4 fully saturated rings. The van der Waals surface area contributed by atoms with Gasteiger partial charge in [0.15, 0.2) is 0 Å². The van der Waals surface area contributed by atoms with Crippen molar-refractivity contribution in [3.8, 4) is 0 Å². The molecule has 6 heterocycles. The van der Waals surface area contributed by atoms with Gasteiger partial charge in [-0.2, -0.15) is 0 Å². The van der Waals surface area contributed by atoms with Crippen molar-refractivity contribution >= 4 is 44.9 Å². The number of pyridine rings is 1. The average Bonchev–Trinajstić information content (AvgIpc) is 3.52. The van der Waals surface area contributed by atoms with Gasteiger partial charge in [-0.05, 0) is 43.9 Å². The van der Waals surface area contributed by atoms with Crippen molar-refractivity contribution in [3.63, 3.8) is 0 Å². The molecule has 9 heteroatoms. The minimum atomic E-state index is 0.0547. The molecular weight excluding hydrogens is 458 g/mol. The summed E-state index contributed by atoms with van der Waals surface area (Å²) >= 11 is 1.52. The molecule has 184 valence electrons. The summed E-state index contributed by atoms with van der Waals surface area (Å²) in [6, 6.07) is 5.51. The predicted octanol–water partition coefficient (Wildman–Crippen LogP) is 4.47. The number of carbonyl (C=O) groups is 1. The number of nitrogens with zero attached hydrogens (tertiary/aromatic N) is 6. The molecule has 1 aliphatic carbocycles. The number of anilines is 3. The molecule has 35 heavy (non-hydrogen) atoms. The van der Waals surface area contributed by atoms with Gasteiger partial charge in [-0.25, -0.2) is 15.0 Å². The first-order valence-electron chi connectivity index (χ1n) is 12.8. The Balaban J connectivity index is 1.23. The minimum Gasteiger partial charge on any atom is -0.367 e. The molecule has 2 atom stereocenters. The third-order valence-electron chi connectivity index (χ3n) is 7.89. The lowest BCUT2D eigenvalue weighted by atomic mass is 9.87. The molecule has 1 saturated carbocycles. The fraction of sp³-hybridized carbons (Fsp3) is 0.538. The van der Waals surface area contributed by atoms with E-state index in [1.807, 2.05) is 32.6 Å². The third kappa shape index (κ3) is 4.04. The fourth-order valence-corrected chi connectivity index (χ4v) is 7.32. The van der Waals surface area contributed by atoms with Crippen LogP contribution in [-0.2, 0) is 0 Å². The first-order chi connectivity index (χ1) is 17.0. The van der Waals surface area contributed by atoms with Gasteiger partial charge in [-0.3, -0.25) is 9.69 Å². The van der Waals surface area contributed by atoms with E-state index >= 15 is 0 Å². The Morgan fingerprint density at radius 2 is 1.91 bits per heavy atom. The highest BCUT2D eigenvalue weighted by molar-refractivity contribution is 7.21. The van der Waals surface area contributed by atoms with Crippen LogP contribution in [0.2, 0.25) is 0 Å². The number of aromatic nitrogens is 3. The van der Waals surface area contributed by atoms with Crippen LogP contribution in [0.15, 0.2) is 24.5 Å². The van der Waals surface area contributed by atoms with Crippen LogP contribution < -0.4 is 10.2 Å². The topological polar surface area (TPSA) is 77.5 Å². The number of thiophene rings is 1. The zero-order chi connectivity index (χ0) is 24.1. The first kappa shape index (κ1) is 22.7. The van der Waals surface area contributed by atoms with E-state index in [-0.39, 0.29) is 5.91 Å². The maximum Gasteiger partial charge on any atom is 0.263 e. The molecule has 2 bridgehead atoms. The standard InChI is InChI=1S/C26H33N7OS/c1-4-33-18-11-19(33)15-32(14-18)17-9-10-21(27-12-17)29-26-28-13-20-23(30-26)22(16-7-5-6-8-16)24(35-20)25(34)31(2)3/h9-10,12-13,16,18-19H,4-8,11,14-15H2,1-3H3,(H,27,28,29,30). The minimum absolute atomic E-state index is 0.0547. The summed E-state index contributed by atoms with van der Waals surface area (Å²) < 4.78 is 0.968. The molecule has 0 spiro atoms. The van der Waals surface area contributed by atoms with Gasteiger partial charge in [0.2, 0.25) is 5.95 Å². The van der Waals surface area contributed by atoms with Crippen LogP contribution in [0.5, 0.6) is 0 Å². The van der Waals surface area contributed by atoms with E-state index in [4.69, 9.17) is 4.98 Å². The molecule has 0 radical (unpaired) electrons. The number of carbonyl (C=O) groups excluding carboxylic acids is 1. The summed E-state index contributed by atoms with van der Waals surface area (Å²) in [4.78, 5) is 34.6. The van der Waals surface area contributed by atoms with E-state index in [0.29, 0.717) is 23.9 Å². The summed E-state index contributed by atoms with van der Waals surface area (Å²) in [6.45, 7) is 5.55. The fourth-order valence-electron chi connectivity index (χ4n) is 6.10. The Kier molecular flexibility index (Phi) is 5.84. The van der Waals surface area contributed by atoms with Gasteiger partial charge in [0, 0.05) is 44.8 Å². The zero-order valence-corrected chi connectivity index (χ0v) is 21.5. The number of hydrogen-bond donors (Lipinski definition) is 1. The highest BCUT2D eigenvalue weighted by Gasteiger charge is 2.43. The van der Waals surface area contributed by atoms with Gasteiger partial charge < -0.3 is 15.1 Å². The molecule has 1 amide bonds. The summed E-state index contributed by atoms with van der Waals surface area (Å²) in [7, 11) is 3.62. The maximum absolute atomic E-state index is 12.9. The number of piperidine rings is 1. The molecular formula is C26H33N7OS. The van der Waals surface area contributed by atoms with E-state index < -0.39 is 0 Å².